The van der Waals surface area contributed by atoms with Crippen molar-refractivity contribution in [3.63, 3.8) is 0 Å². The molecule has 0 amide bonds. The van der Waals surface area contributed by atoms with Crippen LogP contribution in [0.3, 0.4) is 0 Å². The Morgan fingerprint density at radius 3 is 2.45 bits per heavy atom. The van der Waals surface area contributed by atoms with E-state index in [4.69, 9.17) is 23.2 Å². The summed E-state index contributed by atoms with van der Waals surface area (Å²) in [7, 11) is 0. The zero-order valence-corrected chi connectivity index (χ0v) is 13.0. The molecule has 0 aliphatic rings. The summed E-state index contributed by atoms with van der Waals surface area (Å²) in [4.78, 5) is 10.4. The first kappa shape index (κ1) is 16.7. The standard InChI is InChI=1S/C15H14Cl2N2O3/c16-12-4-2-11(3-5-12)14(9-20)18-8-10-1-6-13(17)15(7-10)19(21)22/h1-7,14,18,20H,8-9H2. The second kappa shape index (κ2) is 7.56. The van der Waals surface area contributed by atoms with Gasteiger partial charge in [0.2, 0.25) is 0 Å². The van der Waals surface area contributed by atoms with Gasteiger partial charge in [-0.3, -0.25) is 10.1 Å². The van der Waals surface area contributed by atoms with Crippen LogP contribution in [-0.2, 0) is 6.54 Å². The summed E-state index contributed by atoms with van der Waals surface area (Å²) < 4.78 is 0. The number of nitro benzene ring substituents is 1. The Morgan fingerprint density at radius 1 is 1.18 bits per heavy atom. The molecule has 116 valence electrons. The van der Waals surface area contributed by atoms with Crippen LogP contribution in [-0.4, -0.2) is 16.6 Å². The molecule has 0 radical (unpaired) electrons. The monoisotopic (exact) mass is 340 g/mol. The molecule has 2 aromatic rings. The van der Waals surface area contributed by atoms with Gasteiger partial charge in [-0.05, 0) is 29.3 Å². The zero-order valence-electron chi connectivity index (χ0n) is 11.5. The molecule has 0 spiro atoms. The maximum absolute atomic E-state index is 10.9. The van der Waals surface area contributed by atoms with Crippen molar-refractivity contribution < 1.29 is 10.0 Å². The highest BCUT2D eigenvalue weighted by Gasteiger charge is 2.14. The number of hydrogen-bond acceptors (Lipinski definition) is 4. The number of aliphatic hydroxyl groups is 1. The minimum atomic E-state index is -0.519. The van der Waals surface area contributed by atoms with Gasteiger partial charge in [0.15, 0.2) is 0 Å². The largest absolute Gasteiger partial charge is 0.394 e. The Bertz CT molecular complexity index is 662. The molecule has 2 N–H and O–H groups in total. The summed E-state index contributed by atoms with van der Waals surface area (Å²) in [6.45, 7) is 0.267. The van der Waals surface area contributed by atoms with Crippen LogP contribution in [0, 0.1) is 10.1 Å². The van der Waals surface area contributed by atoms with Gasteiger partial charge in [0.05, 0.1) is 17.6 Å². The topological polar surface area (TPSA) is 75.4 Å². The molecule has 0 bridgehead atoms. The summed E-state index contributed by atoms with van der Waals surface area (Å²) >= 11 is 11.6. The average Bonchev–Trinajstić information content (AvgIpc) is 2.50. The average molecular weight is 341 g/mol. The zero-order chi connectivity index (χ0) is 16.1. The van der Waals surface area contributed by atoms with Crippen molar-refractivity contribution in [2.45, 2.75) is 12.6 Å². The smallest absolute Gasteiger partial charge is 0.288 e. The van der Waals surface area contributed by atoms with Gasteiger partial charge in [0.25, 0.3) is 5.69 Å². The van der Waals surface area contributed by atoms with E-state index in [0.717, 1.165) is 5.56 Å². The van der Waals surface area contributed by atoms with Gasteiger partial charge in [-0.25, -0.2) is 0 Å². The van der Waals surface area contributed by atoms with Gasteiger partial charge < -0.3 is 10.4 Å². The van der Waals surface area contributed by atoms with Crippen molar-refractivity contribution in [3.05, 3.63) is 73.8 Å². The van der Waals surface area contributed by atoms with Crippen molar-refractivity contribution in [1.29, 1.82) is 0 Å². The highest BCUT2D eigenvalue weighted by Crippen LogP contribution is 2.25. The molecule has 0 saturated heterocycles. The first-order chi connectivity index (χ1) is 10.5. The van der Waals surface area contributed by atoms with Crippen LogP contribution >= 0.6 is 23.2 Å². The molecule has 0 aromatic heterocycles. The summed E-state index contributed by atoms with van der Waals surface area (Å²) in [6, 6.07) is 11.5. The van der Waals surface area contributed by atoms with Gasteiger partial charge in [0, 0.05) is 17.6 Å². The fraction of sp³-hybridized carbons (Fsp3) is 0.200. The fourth-order valence-electron chi connectivity index (χ4n) is 2.03. The van der Waals surface area contributed by atoms with E-state index in [2.05, 4.69) is 5.32 Å². The Morgan fingerprint density at radius 2 is 1.86 bits per heavy atom. The molecule has 0 aliphatic carbocycles. The molecule has 2 aromatic carbocycles. The molecule has 2 rings (SSSR count). The van der Waals surface area contributed by atoms with E-state index >= 15 is 0 Å². The molecular formula is C15H14Cl2N2O3. The minimum Gasteiger partial charge on any atom is -0.394 e. The first-order valence-corrected chi connectivity index (χ1v) is 7.29. The van der Waals surface area contributed by atoms with E-state index in [1.54, 1.807) is 18.2 Å². The molecule has 0 heterocycles. The van der Waals surface area contributed by atoms with Gasteiger partial charge in [-0.2, -0.15) is 0 Å². The molecule has 5 nitrogen and oxygen atoms in total. The van der Waals surface area contributed by atoms with E-state index in [0.29, 0.717) is 17.1 Å². The molecule has 0 aliphatic heterocycles. The number of nitrogens with one attached hydrogen (secondary N) is 1. The molecule has 22 heavy (non-hydrogen) atoms. The van der Waals surface area contributed by atoms with Crippen LogP contribution in [0.25, 0.3) is 0 Å². The quantitative estimate of drug-likeness (QED) is 0.620. The Kier molecular flexibility index (Phi) is 5.74. The van der Waals surface area contributed by atoms with E-state index in [1.807, 2.05) is 12.1 Å². The van der Waals surface area contributed by atoms with Gasteiger partial charge >= 0.3 is 0 Å². The minimum absolute atomic E-state index is 0.0999. The first-order valence-electron chi connectivity index (χ1n) is 6.54. The lowest BCUT2D eigenvalue weighted by Crippen LogP contribution is -2.24. The SMILES string of the molecule is O=[N+]([O-])c1cc(CNC(CO)c2ccc(Cl)cc2)ccc1Cl. The lowest BCUT2D eigenvalue weighted by Gasteiger charge is -2.17. The molecule has 0 saturated carbocycles. The van der Waals surface area contributed by atoms with Crippen molar-refractivity contribution in [2.24, 2.45) is 0 Å². The molecule has 1 unspecified atom stereocenters. The van der Waals surface area contributed by atoms with Crippen LogP contribution < -0.4 is 5.32 Å². The van der Waals surface area contributed by atoms with Crippen molar-refractivity contribution in [2.75, 3.05) is 6.61 Å². The van der Waals surface area contributed by atoms with Crippen molar-refractivity contribution >= 4 is 28.9 Å². The summed E-state index contributed by atoms with van der Waals surface area (Å²) in [5.74, 6) is 0. The molecule has 7 heteroatoms. The van der Waals surface area contributed by atoms with Gasteiger partial charge in [-0.15, -0.1) is 0 Å². The Labute approximate surface area is 137 Å². The highest BCUT2D eigenvalue weighted by molar-refractivity contribution is 6.32. The van der Waals surface area contributed by atoms with E-state index in [-0.39, 0.29) is 23.4 Å². The normalized spacial score (nSPS) is 12.1. The van der Waals surface area contributed by atoms with Crippen LogP contribution in [0.4, 0.5) is 5.69 Å². The molecular weight excluding hydrogens is 327 g/mol. The van der Waals surface area contributed by atoms with Crippen molar-refractivity contribution in [3.8, 4) is 0 Å². The van der Waals surface area contributed by atoms with Crippen molar-refractivity contribution in [1.82, 2.24) is 5.32 Å². The maximum atomic E-state index is 10.9. The number of benzene rings is 2. The van der Waals surface area contributed by atoms with Crippen LogP contribution in [0.2, 0.25) is 10.0 Å². The molecule has 1 atom stereocenters. The van der Waals surface area contributed by atoms with E-state index in [9.17, 15) is 15.2 Å². The second-order valence-electron chi connectivity index (χ2n) is 4.71. The van der Waals surface area contributed by atoms with Gasteiger partial charge in [0.1, 0.15) is 5.02 Å². The third-order valence-electron chi connectivity index (χ3n) is 3.21. The number of nitro groups is 1. The third-order valence-corrected chi connectivity index (χ3v) is 3.79. The maximum Gasteiger partial charge on any atom is 0.288 e. The predicted octanol–water partition coefficient (Wildman–Crippen LogP) is 3.72. The number of hydrogen-bond donors (Lipinski definition) is 2. The fourth-order valence-corrected chi connectivity index (χ4v) is 2.34. The van der Waals surface area contributed by atoms with E-state index < -0.39 is 4.92 Å². The number of nitrogens with zero attached hydrogens (tertiary/aromatic N) is 1. The molecule has 0 fully saturated rings. The lowest BCUT2D eigenvalue weighted by molar-refractivity contribution is -0.384. The summed E-state index contributed by atoms with van der Waals surface area (Å²) in [5, 5.41) is 24.2. The number of aliphatic hydroxyl groups excluding tert-OH is 1. The second-order valence-corrected chi connectivity index (χ2v) is 5.55. The predicted molar refractivity (Wildman–Crippen MR) is 86.2 cm³/mol. The van der Waals surface area contributed by atoms with Crippen LogP contribution in [0.15, 0.2) is 42.5 Å². The summed E-state index contributed by atoms with van der Waals surface area (Å²) in [5.41, 5.74) is 1.46. The Hall–Kier alpha value is -1.66. The number of halogens is 2. The lowest BCUT2D eigenvalue weighted by atomic mass is 10.1. The van der Waals surface area contributed by atoms with Crippen LogP contribution in [0.5, 0.6) is 0 Å². The van der Waals surface area contributed by atoms with Crippen LogP contribution in [0.1, 0.15) is 17.2 Å². The summed E-state index contributed by atoms with van der Waals surface area (Å²) in [6.07, 6.45) is 0. The van der Waals surface area contributed by atoms with E-state index in [1.165, 1.54) is 12.1 Å². The van der Waals surface area contributed by atoms with Gasteiger partial charge in [-0.1, -0.05) is 41.4 Å². The Balaban J connectivity index is 2.09. The number of rotatable bonds is 6. The highest BCUT2D eigenvalue weighted by atomic mass is 35.5. The third kappa shape index (κ3) is 4.18.